The molecule has 2 amide bonds. The molecule has 4 heteroatoms. The fourth-order valence-corrected chi connectivity index (χ4v) is 3.72. The molecule has 0 heterocycles. The van der Waals surface area contributed by atoms with Gasteiger partial charge in [-0.05, 0) is 31.1 Å². The molecule has 0 aliphatic heterocycles. The molecule has 2 aliphatic carbocycles. The smallest absolute Gasteiger partial charge is 0.239 e. The van der Waals surface area contributed by atoms with Gasteiger partial charge in [-0.2, -0.15) is 0 Å². The number of hydrogen-bond donors (Lipinski definition) is 2. The second kappa shape index (κ2) is 7.81. The van der Waals surface area contributed by atoms with Crippen LogP contribution in [0.25, 0.3) is 0 Å². The molecule has 21 heavy (non-hydrogen) atoms. The molecule has 0 saturated heterocycles. The fraction of sp³-hybridized carbons (Fsp3) is 0.882. The van der Waals surface area contributed by atoms with Gasteiger partial charge in [0.1, 0.15) is 0 Å². The lowest BCUT2D eigenvalue weighted by atomic mass is 9.78. The highest BCUT2D eigenvalue weighted by atomic mass is 16.2. The standard InChI is InChI=1S/C17H30N2O2/c1-12-7-6-10-15(13(12)2)19-16(20)11-18-17(21)14-8-4-3-5-9-14/h12-15H,3-11H2,1-2H3,(H,18,21)(H,19,20)/t12-,13-,15+/m1/s1. The van der Waals surface area contributed by atoms with Crippen molar-refractivity contribution < 1.29 is 9.59 Å². The Labute approximate surface area is 128 Å². The van der Waals surface area contributed by atoms with Crippen LogP contribution < -0.4 is 10.6 Å². The molecule has 2 aliphatic rings. The molecule has 4 nitrogen and oxygen atoms in total. The Hall–Kier alpha value is -1.06. The first kappa shape index (κ1) is 16.3. The molecule has 120 valence electrons. The van der Waals surface area contributed by atoms with Crippen molar-refractivity contribution in [2.75, 3.05) is 6.54 Å². The topological polar surface area (TPSA) is 58.2 Å². The SMILES string of the molecule is C[C@@H]1[C@H](C)CCC[C@@H]1NC(=O)CNC(=O)C1CCCCC1. The zero-order valence-corrected chi connectivity index (χ0v) is 13.5. The Kier molecular flexibility index (Phi) is 6.07. The summed E-state index contributed by atoms with van der Waals surface area (Å²) < 4.78 is 0. The van der Waals surface area contributed by atoms with Crippen LogP contribution in [0.1, 0.15) is 65.2 Å². The van der Waals surface area contributed by atoms with Crippen molar-refractivity contribution in [2.24, 2.45) is 17.8 Å². The Morgan fingerprint density at radius 1 is 0.952 bits per heavy atom. The third-order valence-corrected chi connectivity index (χ3v) is 5.45. The number of amides is 2. The normalized spacial score (nSPS) is 30.7. The number of hydrogen-bond acceptors (Lipinski definition) is 2. The highest BCUT2D eigenvalue weighted by molar-refractivity contribution is 5.85. The maximum atomic E-state index is 12.0. The van der Waals surface area contributed by atoms with E-state index in [0.717, 1.165) is 32.1 Å². The first-order chi connectivity index (χ1) is 10.1. The van der Waals surface area contributed by atoms with E-state index in [2.05, 4.69) is 24.5 Å². The van der Waals surface area contributed by atoms with Crippen molar-refractivity contribution in [2.45, 2.75) is 71.3 Å². The van der Waals surface area contributed by atoms with Gasteiger partial charge in [0.25, 0.3) is 0 Å². The van der Waals surface area contributed by atoms with Gasteiger partial charge >= 0.3 is 0 Å². The lowest BCUT2D eigenvalue weighted by Crippen LogP contribution is -2.48. The van der Waals surface area contributed by atoms with Crippen LogP contribution in [-0.4, -0.2) is 24.4 Å². The highest BCUT2D eigenvalue weighted by Crippen LogP contribution is 2.29. The van der Waals surface area contributed by atoms with Crippen LogP contribution in [0.3, 0.4) is 0 Å². The van der Waals surface area contributed by atoms with E-state index in [1.165, 1.54) is 19.3 Å². The van der Waals surface area contributed by atoms with Crippen molar-refractivity contribution >= 4 is 11.8 Å². The lowest BCUT2D eigenvalue weighted by Gasteiger charge is -2.34. The minimum Gasteiger partial charge on any atom is -0.352 e. The highest BCUT2D eigenvalue weighted by Gasteiger charge is 2.28. The summed E-state index contributed by atoms with van der Waals surface area (Å²) in [6.07, 6.45) is 8.98. The molecule has 0 aromatic rings. The lowest BCUT2D eigenvalue weighted by molar-refractivity contribution is -0.129. The summed E-state index contributed by atoms with van der Waals surface area (Å²) in [4.78, 5) is 24.0. The van der Waals surface area contributed by atoms with Gasteiger partial charge in [0.2, 0.25) is 11.8 Å². The van der Waals surface area contributed by atoms with Crippen LogP contribution in [0.5, 0.6) is 0 Å². The van der Waals surface area contributed by atoms with Crippen molar-refractivity contribution in [1.82, 2.24) is 10.6 Å². The van der Waals surface area contributed by atoms with Crippen LogP contribution >= 0.6 is 0 Å². The third-order valence-electron chi connectivity index (χ3n) is 5.45. The molecule has 2 N–H and O–H groups in total. The quantitative estimate of drug-likeness (QED) is 0.837. The van der Waals surface area contributed by atoms with Crippen LogP contribution in [0, 0.1) is 17.8 Å². The largest absolute Gasteiger partial charge is 0.352 e. The van der Waals surface area contributed by atoms with E-state index in [4.69, 9.17) is 0 Å². The van der Waals surface area contributed by atoms with E-state index < -0.39 is 0 Å². The molecule has 0 radical (unpaired) electrons. The maximum Gasteiger partial charge on any atom is 0.239 e. The van der Waals surface area contributed by atoms with E-state index in [1.54, 1.807) is 0 Å². The fourth-order valence-electron chi connectivity index (χ4n) is 3.72. The average molecular weight is 294 g/mol. The zero-order chi connectivity index (χ0) is 15.2. The van der Waals surface area contributed by atoms with Gasteiger partial charge in [-0.1, -0.05) is 46.0 Å². The minimum absolute atomic E-state index is 0.0369. The van der Waals surface area contributed by atoms with E-state index in [-0.39, 0.29) is 30.3 Å². The van der Waals surface area contributed by atoms with Crippen molar-refractivity contribution in [3.05, 3.63) is 0 Å². The van der Waals surface area contributed by atoms with Gasteiger partial charge < -0.3 is 10.6 Å². The Balaban J connectivity index is 1.70. The van der Waals surface area contributed by atoms with Gasteiger partial charge in [0.05, 0.1) is 6.54 Å². The third kappa shape index (κ3) is 4.72. The summed E-state index contributed by atoms with van der Waals surface area (Å²) in [5.74, 6) is 1.35. The predicted molar refractivity (Wildman–Crippen MR) is 83.7 cm³/mol. The van der Waals surface area contributed by atoms with Gasteiger partial charge in [-0.25, -0.2) is 0 Å². The Morgan fingerprint density at radius 3 is 2.38 bits per heavy atom. The second-order valence-corrected chi connectivity index (χ2v) is 6.99. The zero-order valence-electron chi connectivity index (χ0n) is 13.5. The maximum absolute atomic E-state index is 12.0. The molecule has 3 atom stereocenters. The Bertz CT molecular complexity index is 364. The summed E-state index contributed by atoms with van der Waals surface area (Å²) in [6.45, 7) is 4.61. The summed E-state index contributed by atoms with van der Waals surface area (Å²) in [5.41, 5.74) is 0. The molecule has 0 aromatic heterocycles. The number of carbonyl (C=O) groups is 2. The summed E-state index contributed by atoms with van der Waals surface area (Å²) >= 11 is 0. The summed E-state index contributed by atoms with van der Waals surface area (Å²) in [7, 11) is 0. The molecule has 0 bridgehead atoms. The van der Waals surface area contributed by atoms with Crippen molar-refractivity contribution in [3.8, 4) is 0 Å². The number of nitrogens with one attached hydrogen (secondary N) is 2. The van der Waals surface area contributed by atoms with Crippen LogP contribution in [0.15, 0.2) is 0 Å². The molecule has 0 spiro atoms. The van der Waals surface area contributed by atoms with E-state index in [0.29, 0.717) is 11.8 Å². The monoisotopic (exact) mass is 294 g/mol. The van der Waals surface area contributed by atoms with Gasteiger partial charge in [-0.3, -0.25) is 9.59 Å². The minimum atomic E-state index is -0.0369. The van der Waals surface area contributed by atoms with Crippen molar-refractivity contribution in [3.63, 3.8) is 0 Å². The summed E-state index contributed by atoms with van der Waals surface area (Å²) in [6, 6.07) is 0.271. The van der Waals surface area contributed by atoms with Gasteiger partial charge in [0.15, 0.2) is 0 Å². The van der Waals surface area contributed by atoms with E-state index in [1.807, 2.05) is 0 Å². The van der Waals surface area contributed by atoms with Crippen LogP contribution in [-0.2, 0) is 9.59 Å². The predicted octanol–water partition coefficient (Wildman–Crippen LogP) is 2.62. The molecule has 2 saturated carbocycles. The molecule has 2 fully saturated rings. The first-order valence-corrected chi connectivity index (χ1v) is 8.65. The van der Waals surface area contributed by atoms with Crippen LogP contribution in [0.4, 0.5) is 0 Å². The molecular formula is C17H30N2O2. The second-order valence-electron chi connectivity index (χ2n) is 6.99. The number of rotatable bonds is 4. The molecule has 0 aromatic carbocycles. The van der Waals surface area contributed by atoms with Gasteiger partial charge in [-0.15, -0.1) is 0 Å². The van der Waals surface area contributed by atoms with Crippen molar-refractivity contribution in [1.29, 1.82) is 0 Å². The van der Waals surface area contributed by atoms with Gasteiger partial charge in [0, 0.05) is 12.0 Å². The van der Waals surface area contributed by atoms with E-state index in [9.17, 15) is 9.59 Å². The molecule has 2 rings (SSSR count). The number of carbonyl (C=O) groups excluding carboxylic acids is 2. The molecular weight excluding hydrogens is 264 g/mol. The summed E-state index contributed by atoms with van der Waals surface area (Å²) in [5, 5.41) is 5.92. The average Bonchev–Trinajstić information content (AvgIpc) is 2.50. The molecule has 0 unspecified atom stereocenters. The van der Waals surface area contributed by atoms with Crippen LogP contribution in [0.2, 0.25) is 0 Å². The van der Waals surface area contributed by atoms with E-state index >= 15 is 0 Å². The Morgan fingerprint density at radius 2 is 1.67 bits per heavy atom. The first-order valence-electron chi connectivity index (χ1n) is 8.65.